The Kier molecular flexibility index (Phi) is 4.72. The zero-order valence-electron chi connectivity index (χ0n) is 16.8. The van der Waals surface area contributed by atoms with Gasteiger partial charge >= 0.3 is 0 Å². The van der Waals surface area contributed by atoms with Crippen molar-refractivity contribution < 1.29 is 5.11 Å². The SMILES string of the molecule is CN1CCN(c2ccc3nc(-c4cc(/C=C/c5ccc(O)cc5)[nH]n4)[nH]c3c2)CC1. The number of fused-ring (bicyclic) bond motifs is 1. The summed E-state index contributed by atoms with van der Waals surface area (Å²) in [6.45, 7) is 4.25. The van der Waals surface area contributed by atoms with E-state index in [1.54, 1.807) is 12.1 Å². The topological polar surface area (TPSA) is 84.1 Å². The minimum Gasteiger partial charge on any atom is -0.508 e. The normalized spacial score (nSPS) is 15.4. The molecular formula is C23H24N6O. The van der Waals surface area contributed by atoms with E-state index in [4.69, 9.17) is 4.98 Å². The Morgan fingerprint density at radius 2 is 1.77 bits per heavy atom. The highest BCUT2D eigenvalue weighted by Gasteiger charge is 2.16. The van der Waals surface area contributed by atoms with E-state index in [9.17, 15) is 5.11 Å². The number of likely N-dealkylation sites (N-methyl/N-ethyl adjacent to an activating group) is 1. The number of phenolic OH excluding ortho intramolecular Hbond substituents is 1. The Hall–Kier alpha value is -3.58. The van der Waals surface area contributed by atoms with Crippen LogP contribution in [0.2, 0.25) is 0 Å². The smallest absolute Gasteiger partial charge is 0.159 e. The highest BCUT2D eigenvalue weighted by atomic mass is 16.3. The Morgan fingerprint density at radius 3 is 2.57 bits per heavy atom. The van der Waals surface area contributed by atoms with Crippen molar-refractivity contribution in [3.05, 3.63) is 59.8 Å². The van der Waals surface area contributed by atoms with Crippen molar-refractivity contribution >= 4 is 28.9 Å². The Labute approximate surface area is 174 Å². The fourth-order valence-electron chi connectivity index (χ4n) is 3.70. The summed E-state index contributed by atoms with van der Waals surface area (Å²) in [7, 11) is 2.17. The van der Waals surface area contributed by atoms with E-state index in [-0.39, 0.29) is 5.75 Å². The van der Waals surface area contributed by atoms with Crippen LogP contribution in [-0.2, 0) is 0 Å². The van der Waals surface area contributed by atoms with Crippen molar-refractivity contribution in [1.82, 2.24) is 25.1 Å². The van der Waals surface area contributed by atoms with Crippen molar-refractivity contribution in [1.29, 1.82) is 0 Å². The zero-order chi connectivity index (χ0) is 20.5. The van der Waals surface area contributed by atoms with Crippen LogP contribution in [-0.4, -0.2) is 63.4 Å². The minimum atomic E-state index is 0.261. The lowest BCUT2D eigenvalue weighted by Gasteiger charge is -2.34. The summed E-state index contributed by atoms with van der Waals surface area (Å²) in [5.74, 6) is 1.01. The zero-order valence-corrected chi connectivity index (χ0v) is 16.8. The lowest BCUT2D eigenvalue weighted by atomic mass is 10.2. The molecule has 30 heavy (non-hydrogen) atoms. The molecule has 0 bridgehead atoms. The maximum atomic E-state index is 9.38. The Bertz CT molecular complexity index is 1180. The van der Waals surface area contributed by atoms with Gasteiger partial charge in [0.05, 0.1) is 16.7 Å². The highest BCUT2D eigenvalue weighted by molar-refractivity contribution is 5.83. The molecule has 1 aliphatic heterocycles. The number of nitrogens with zero attached hydrogens (tertiary/aromatic N) is 4. The number of nitrogens with one attached hydrogen (secondary N) is 2. The quantitative estimate of drug-likeness (QED) is 0.488. The number of imidazole rings is 1. The maximum Gasteiger partial charge on any atom is 0.159 e. The van der Waals surface area contributed by atoms with Crippen LogP contribution >= 0.6 is 0 Å². The van der Waals surface area contributed by atoms with Gasteiger partial charge in [0.15, 0.2) is 5.82 Å². The number of anilines is 1. The number of piperazine rings is 1. The molecule has 7 heteroatoms. The van der Waals surface area contributed by atoms with E-state index in [1.165, 1.54) is 5.69 Å². The van der Waals surface area contributed by atoms with Crippen LogP contribution < -0.4 is 4.90 Å². The van der Waals surface area contributed by atoms with Crippen LogP contribution in [0.1, 0.15) is 11.3 Å². The van der Waals surface area contributed by atoms with Gasteiger partial charge in [-0.05, 0) is 55.1 Å². The van der Waals surface area contributed by atoms with E-state index in [1.807, 2.05) is 30.4 Å². The van der Waals surface area contributed by atoms with Crippen LogP contribution in [0.15, 0.2) is 48.5 Å². The van der Waals surface area contributed by atoms with Gasteiger partial charge in [0, 0.05) is 31.9 Å². The number of phenols is 1. The van der Waals surface area contributed by atoms with Gasteiger partial charge < -0.3 is 19.9 Å². The molecule has 0 aliphatic carbocycles. The number of rotatable bonds is 4. The van der Waals surface area contributed by atoms with Gasteiger partial charge in [0.1, 0.15) is 11.4 Å². The van der Waals surface area contributed by atoms with Crippen LogP contribution in [0.5, 0.6) is 5.75 Å². The second kappa shape index (κ2) is 7.68. The van der Waals surface area contributed by atoms with Gasteiger partial charge in [-0.3, -0.25) is 5.10 Å². The third-order valence-electron chi connectivity index (χ3n) is 5.52. The van der Waals surface area contributed by atoms with Gasteiger partial charge in [-0.2, -0.15) is 5.10 Å². The summed E-state index contributed by atoms with van der Waals surface area (Å²) in [6.07, 6.45) is 3.93. The molecule has 2 aromatic heterocycles. The van der Waals surface area contributed by atoms with E-state index in [0.29, 0.717) is 0 Å². The highest BCUT2D eigenvalue weighted by Crippen LogP contribution is 2.25. The average molecular weight is 400 g/mol. The van der Waals surface area contributed by atoms with Gasteiger partial charge in [0.25, 0.3) is 0 Å². The molecule has 7 nitrogen and oxygen atoms in total. The molecule has 1 fully saturated rings. The van der Waals surface area contributed by atoms with Crippen molar-refractivity contribution in [3.63, 3.8) is 0 Å². The summed E-state index contributed by atoms with van der Waals surface area (Å²) < 4.78 is 0. The predicted molar refractivity (Wildman–Crippen MR) is 120 cm³/mol. The molecule has 1 saturated heterocycles. The second-order valence-electron chi connectivity index (χ2n) is 7.71. The molecule has 0 amide bonds. The fraction of sp³-hybridized carbons (Fsp3) is 0.217. The first-order chi connectivity index (χ1) is 14.6. The first kappa shape index (κ1) is 18.4. The predicted octanol–water partition coefficient (Wildman–Crippen LogP) is 3.58. The summed E-state index contributed by atoms with van der Waals surface area (Å²) in [5.41, 5.74) is 5.85. The Balaban J connectivity index is 1.35. The molecule has 4 aromatic rings. The molecule has 3 N–H and O–H groups in total. The maximum absolute atomic E-state index is 9.38. The lowest BCUT2D eigenvalue weighted by molar-refractivity contribution is 0.313. The van der Waals surface area contributed by atoms with Crippen molar-refractivity contribution in [2.75, 3.05) is 38.1 Å². The second-order valence-corrected chi connectivity index (χ2v) is 7.71. The molecule has 0 radical (unpaired) electrons. The third kappa shape index (κ3) is 3.79. The number of aromatic amines is 2. The summed E-state index contributed by atoms with van der Waals surface area (Å²) >= 11 is 0. The minimum absolute atomic E-state index is 0.261. The number of benzene rings is 2. The number of aromatic nitrogens is 4. The number of aromatic hydroxyl groups is 1. The van der Waals surface area contributed by atoms with E-state index in [2.05, 4.69) is 50.2 Å². The first-order valence-electron chi connectivity index (χ1n) is 10.1. The average Bonchev–Trinajstić information content (AvgIpc) is 3.40. The van der Waals surface area contributed by atoms with Crippen LogP contribution in [0.25, 0.3) is 34.7 Å². The molecule has 3 heterocycles. The van der Waals surface area contributed by atoms with Gasteiger partial charge in [0.2, 0.25) is 0 Å². The third-order valence-corrected chi connectivity index (χ3v) is 5.52. The molecule has 152 valence electrons. The number of H-pyrrole nitrogens is 2. The fourth-order valence-corrected chi connectivity index (χ4v) is 3.70. The first-order valence-corrected chi connectivity index (χ1v) is 10.1. The summed E-state index contributed by atoms with van der Waals surface area (Å²) in [4.78, 5) is 12.9. The molecular weight excluding hydrogens is 376 g/mol. The van der Waals surface area contributed by atoms with Crippen LogP contribution in [0.3, 0.4) is 0 Å². The molecule has 0 spiro atoms. The summed E-state index contributed by atoms with van der Waals surface area (Å²) in [6, 6.07) is 15.4. The molecule has 1 aliphatic rings. The van der Waals surface area contributed by atoms with Crippen LogP contribution in [0, 0.1) is 0 Å². The molecule has 0 saturated carbocycles. The Morgan fingerprint density at radius 1 is 0.967 bits per heavy atom. The van der Waals surface area contributed by atoms with Gasteiger partial charge in [-0.25, -0.2) is 4.98 Å². The van der Waals surface area contributed by atoms with Crippen molar-refractivity contribution in [2.24, 2.45) is 0 Å². The van der Waals surface area contributed by atoms with E-state index >= 15 is 0 Å². The monoisotopic (exact) mass is 400 g/mol. The molecule has 0 atom stereocenters. The van der Waals surface area contributed by atoms with Gasteiger partial charge in [-0.1, -0.05) is 18.2 Å². The van der Waals surface area contributed by atoms with Crippen LogP contribution in [0.4, 0.5) is 5.69 Å². The molecule has 2 aromatic carbocycles. The lowest BCUT2D eigenvalue weighted by Crippen LogP contribution is -2.44. The summed E-state index contributed by atoms with van der Waals surface area (Å²) in [5, 5.41) is 16.8. The van der Waals surface area contributed by atoms with E-state index in [0.717, 1.165) is 60.0 Å². The number of hydrogen-bond donors (Lipinski definition) is 3. The van der Waals surface area contributed by atoms with Crippen molar-refractivity contribution in [2.45, 2.75) is 0 Å². The standard InChI is InChI=1S/C23H24N6O/c1-28-10-12-29(13-11-28)18-6-9-20-21(15-18)25-23(24-20)22-14-17(26-27-22)5-2-16-3-7-19(30)8-4-16/h2-9,14-15,30H,10-13H2,1H3,(H,24,25)(H,26,27)/b5-2+. The van der Waals surface area contributed by atoms with Gasteiger partial charge in [-0.15, -0.1) is 0 Å². The van der Waals surface area contributed by atoms with Crippen molar-refractivity contribution in [3.8, 4) is 17.3 Å². The number of hydrogen-bond acceptors (Lipinski definition) is 5. The largest absolute Gasteiger partial charge is 0.508 e. The molecule has 5 rings (SSSR count). The molecule has 0 unspecified atom stereocenters. The van der Waals surface area contributed by atoms with E-state index < -0.39 is 0 Å².